The van der Waals surface area contributed by atoms with Crippen LogP contribution in [0.3, 0.4) is 0 Å². The van der Waals surface area contributed by atoms with Gasteiger partial charge >= 0.3 is 0 Å². The Bertz CT molecular complexity index is 761. The van der Waals surface area contributed by atoms with Crippen molar-refractivity contribution in [1.29, 1.82) is 0 Å². The second-order valence-corrected chi connectivity index (χ2v) is 4.94. The van der Waals surface area contributed by atoms with Gasteiger partial charge in [0.25, 0.3) is 0 Å². The van der Waals surface area contributed by atoms with Crippen LogP contribution in [0.25, 0.3) is 11.8 Å². The molecule has 2 rings (SSSR count). The third kappa shape index (κ3) is 3.79. The smallest absolute Gasteiger partial charge is 0.161 e. The molecule has 0 amide bonds. The van der Waals surface area contributed by atoms with Gasteiger partial charge in [-0.3, -0.25) is 0 Å². The number of benzene rings is 2. The number of hydrogen-bond acceptors (Lipinski definition) is 4. The highest BCUT2D eigenvalue weighted by atomic mass is 16.5. The molecular weight excluding hydrogens is 302 g/mol. The van der Waals surface area contributed by atoms with E-state index in [1.54, 1.807) is 56.7 Å². The molecule has 0 heterocycles. The summed E-state index contributed by atoms with van der Waals surface area (Å²) in [4.78, 5) is 0. The summed E-state index contributed by atoms with van der Waals surface area (Å²) < 4.78 is 16.7. The molecule has 0 radical (unpaired) electrons. The number of ether oxygens (including phenoxy) is 3. The van der Waals surface area contributed by atoms with Gasteiger partial charge in [0, 0.05) is 11.3 Å². The normalized spacial score (nSPS) is 10.8. The summed E-state index contributed by atoms with van der Waals surface area (Å²) in [6, 6.07) is 10.9. The molecule has 2 aromatic carbocycles. The molecule has 0 unspecified atom stereocenters. The summed E-state index contributed by atoms with van der Waals surface area (Å²) in [6.45, 7) is 7.62. The Balaban J connectivity index is 2.50. The molecule has 4 nitrogen and oxygen atoms in total. The van der Waals surface area contributed by atoms with Crippen molar-refractivity contribution in [2.45, 2.75) is 0 Å². The molecule has 0 spiro atoms. The van der Waals surface area contributed by atoms with E-state index >= 15 is 0 Å². The number of allylic oxidation sites excluding steroid dienone is 2. The van der Waals surface area contributed by atoms with Gasteiger partial charge in [0.05, 0.1) is 14.2 Å². The molecular formula is C20H21NO3. The Morgan fingerprint density at radius 2 is 1.62 bits per heavy atom. The molecule has 0 atom stereocenters. The van der Waals surface area contributed by atoms with E-state index in [4.69, 9.17) is 19.9 Å². The number of methoxy groups -OCH3 is 2. The SMILES string of the molecule is C=C/C=C(/Oc1ccc(N)cc1)c1cc(OC)c(OC)cc1C=C. The minimum atomic E-state index is 0.606. The van der Waals surface area contributed by atoms with Crippen LogP contribution in [0.4, 0.5) is 5.69 Å². The monoisotopic (exact) mass is 323 g/mol. The minimum absolute atomic E-state index is 0.606. The lowest BCUT2D eigenvalue weighted by Gasteiger charge is -2.16. The van der Waals surface area contributed by atoms with E-state index in [-0.39, 0.29) is 0 Å². The standard InChI is InChI=1S/C20H21NO3/c1-5-7-18(24-16-10-8-15(21)9-11-16)17-13-20(23-4)19(22-3)12-14(17)6-2/h5-13H,1-2,21H2,3-4H3/b18-7+. The summed E-state index contributed by atoms with van der Waals surface area (Å²) in [5, 5.41) is 0. The molecule has 0 saturated carbocycles. The van der Waals surface area contributed by atoms with E-state index in [1.165, 1.54) is 0 Å². The van der Waals surface area contributed by atoms with Crippen LogP contribution in [0.2, 0.25) is 0 Å². The quantitative estimate of drug-likeness (QED) is 0.462. The van der Waals surface area contributed by atoms with Crippen LogP contribution in [0.15, 0.2) is 61.7 Å². The van der Waals surface area contributed by atoms with Crippen molar-refractivity contribution in [2.75, 3.05) is 20.0 Å². The molecule has 0 aromatic heterocycles. The van der Waals surface area contributed by atoms with Gasteiger partial charge in [-0.15, -0.1) is 0 Å². The zero-order valence-corrected chi connectivity index (χ0v) is 13.9. The van der Waals surface area contributed by atoms with E-state index in [0.29, 0.717) is 28.7 Å². The van der Waals surface area contributed by atoms with Crippen LogP contribution in [0.1, 0.15) is 11.1 Å². The molecule has 0 aliphatic rings. The maximum Gasteiger partial charge on any atom is 0.161 e. The third-order valence-electron chi connectivity index (χ3n) is 3.42. The van der Waals surface area contributed by atoms with Crippen molar-refractivity contribution in [3.8, 4) is 17.2 Å². The fourth-order valence-corrected chi connectivity index (χ4v) is 2.23. The Labute approximate surface area is 142 Å². The van der Waals surface area contributed by atoms with Crippen molar-refractivity contribution in [1.82, 2.24) is 0 Å². The highest BCUT2D eigenvalue weighted by molar-refractivity contribution is 5.75. The average molecular weight is 323 g/mol. The van der Waals surface area contributed by atoms with Crippen molar-refractivity contribution < 1.29 is 14.2 Å². The topological polar surface area (TPSA) is 53.7 Å². The summed E-state index contributed by atoms with van der Waals surface area (Å²) >= 11 is 0. The van der Waals surface area contributed by atoms with Gasteiger partial charge in [0.2, 0.25) is 0 Å². The molecule has 124 valence electrons. The average Bonchev–Trinajstić information content (AvgIpc) is 2.61. The molecule has 0 fully saturated rings. The van der Waals surface area contributed by atoms with E-state index in [2.05, 4.69) is 13.2 Å². The Hall–Kier alpha value is -3.14. The van der Waals surface area contributed by atoms with Crippen molar-refractivity contribution in [3.05, 3.63) is 72.8 Å². The first kappa shape index (κ1) is 17.2. The van der Waals surface area contributed by atoms with E-state index < -0.39 is 0 Å². The van der Waals surface area contributed by atoms with Crippen molar-refractivity contribution >= 4 is 17.5 Å². The summed E-state index contributed by atoms with van der Waals surface area (Å²) in [6.07, 6.45) is 5.18. The number of hydrogen-bond donors (Lipinski definition) is 1. The largest absolute Gasteiger partial charge is 0.493 e. The van der Waals surface area contributed by atoms with Gasteiger partial charge in [0.15, 0.2) is 11.5 Å². The predicted octanol–water partition coefficient (Wildman–Crippen LogP) is 4.53. The highest BCUT2D eigenvalue weighted by Gasteiger charge is 2.14. The zero-order chi connectivity index (χ0) is 17.5. The first-order valence-corrected chi connectivity index (χ1v) is 7.37. The summed E-state index contributed by atoms with van der Waals surface area (Å²) in [7, 11) is 3.18. The molecule has 4 heteroatoms. The first-order chi connectivity index (χ1) is 11.6. The maximum atomic E-state index is 6.00. The molecule has 0 aliphatic heterocycles. The molecule has 2 aromatic rings. The van der Waals surface area contributed by atoms with E-state index in [0.717, 1.165) is 11.1 Å². The maximum absolute atomic E-state index is 6.00. The van der Waals surface area contributed by atoms with Crippen LogP contribution in [0, 0.1) is 0 Å². The van der Waals surface area contributed by atoms with Gasteiger partial charge in [-0.1, -0.05) is 25.3 Å². The number of anilines is 1. The van der Waals surface area contributed by atoms with Crippen LogP contribution in [0.5, 0.6) is 17.2 Å². The first-order valence-electron chi connectivity index (χ1n) is 7.37. The third-order valence-corrected chi connectivity index (χ3v) is 3.42. The van der Waals surface area contributed by atoms with Crippen molar-refractivity contribution in [3.63, 3.8) is 0 Å². The Morgan fingerprint density at radius 1 is 1.00 bits per heavy atom. The number of rotatable bonds is 7. The zero-order valence-electron chi connectivity index (χ0n) is 13.9. The number of nitrogen functional groups attached to an aromatic ring is 1. The van der Waals surface area contributed by atoms with Gasteiger partial charge in [-0.25, -0.2) is 0 Å². The lowest BCUT2D eigenvalue weighted by atomic mass is 10.0. The van der Waals surface area contributed by atoms with Crippen molar-refractivity contribution in [2.24, 2.45) is 0 Å². The van der Waals surface area contributed by atoms with Crippen LogP contribution in [-0.4, -0.2) is 14.2 Å². The van der Waals surface area contributed by atoms with E-state index in [9.17, 15) is 0 Å². The van der Waals surface area contributed by atoms with Gasteiger partial charge in [-0.05, 0) is 48.0 Å². The minimum Gasteiger partial charge on any atom is -0.493 e. The molecule has 2 N–H and O–H groups in total. The number of nitrogens with two attached hydrogens (primary N) is 1. The lowest BCUT2D eigenvalue weighted by Crippen LogP contribution is -2.00. The second-order valence-electron chi connectivity index (χ2n) is 4.94. The van der Waals surface area contributed by atoms with Crippen LogP contribution < -0.4 is 19.9 Å². The Kier molecular flexibility index (Phi) is 5.68. The highest BCUT2D eigenvalue weighted by Crippen LogP contribution is 2.35. The van der Waals surface area contributed by atoms with Crippen LogP contribution in [-0.2, 0) is 0 Å². The fourth-order valence-electron chi connectivity index (χ4n) is 2.23. The summed E-state index contributed by atoms with van der Waals surface area (Å²) in [5.74, 6) is 2.52. The van der Waals surface area contributed by atoms with Gasteiger partial charge < -0.3 is 19.9 Å². The van der Waals surface area contributed by atoms with E-state index in [1.807, 2.05) is 12.1 Å². The molecule has 24 heavy (non-hydrogen) atoms. The summed E-state index contributed by atoms with van der Waals surface area (Å²) in [5.41, 5.74) is 8.06. The van der Waals surface area contributed by atoms with Gasteiger partial charge in [0.1, 0.15) is 11.5 Å². The second kappa shape index (κ2) is 7.92. The Morgan fingerprint density at radius 3 is 2.17 bits per heavy atom. The van der Waals surface area contributed by atoms with Crippen LogP contribution >= 0.6 is 0 Å². The molecule has 0 bridgehead atoms. The molecule has 0 saturated heterocycles. The lowest BCUT2D eigenvalue weighted by molar-refractivity contribution is 0.354. The van der Waals surface area contributed by atoms with Gasteiger partial charge in [-0.2, -0.15) is 0 Å². The fraction of sp³-hybridized carbons (Fsp3) is 0.100. The molecule has 0 aliphatic carbocycles. The predicted molar refractivity (Wildman–Crippen MR) is 99.3 cm³/mol.